The van der Waals surface area contributed by atoms with Gasteiger partial charge in [-0.1, -0.05) is 0 Å². The zero-order valence-corrected chi connectivity index (χ0v) is 9.84. The highest BCUT2D eigenvalue weighted by Gasteiger charge is 2.13. The van der Waals surface area contributed by atoms with E-state index in [9.17, 15) is 4.79 Å². The minimum atomic E-state index is 0.268. The summed E-state index contributed by atoms with van der Waals surface area (Å²) in [5, 5.41) is 3.28. The fourth-order valence-corrected chi connectivity index (χ4v) is 1.81. The normalized spacial score (nSPS) is 16.9. The Balaban J connectivity index is 1.97. The predicted molar refractivity (Wildman–Crippen MR) is 64.2 cm³/mol. The number of piperidine rings is 1. The molecule has 0 unspecified atom stereocenters. The van der Waals surface area contributed by atoms with Crippen molar-refractivity contribution in [3.63, 3.8) is 0 Å². The summed E-state index contributed by atoms with van der Waals surface area (Å²) in [6.45, 7) is 2.63. The SMILES string of the molecule is C#CCCCC(=O)CCOC1CCNCC1. The quantitative estimate of drug-likeness (QED) is 0.525. The molecule has 1 aliphatic rings. The maximum absolute atomic E-state index is 11.4. The highest BCUT2D eigenvalue weighted by molar-refractivity contribution is 5.78. The topological polar surface area (TPSA) is 38.3 Å². The van der Waals surface area contributed by atoms with Gasteiger partial charge in [0, 0.05) is 19.3 Å². The Hall–Kier alpha value is -0.850. The van der Waals surface area contributed by atoms with E-state index >= 15 is 0 Å². The Bertz CT molecular complexity index is 239. The first-order chi connectivity index (χ1) is 7.83. The third kappa shape index (κ3) is 5.89. The van der Waals surface area contributed by atoms with Crippen molar-refractivity contribution in [2.75, 3.05) is 19.7 Å². The second kappa shape index (κ2) is 8.32. The molecule has 3 nitrogen and oxygen atoms in total. The fraction of sp³-hybridized carbons (Fsp3) is 0.769. The first-order valence-electron chi connectivity index (χ1n) is 6.10. The third-order valence-electron chi connectivity index (χ3n) is 2.80. The molecule has 3 heteroatoms. The van der Waals surface area contributed by atoms with Gasteiger partial charge in [-0.2, -0.15) is 0 Å². The lowest BCUT2D eigenvalue weighted by molar-refractivity contribution is -0.120. The van der Waals surface area contributed by atoms with Gasteiger partial charge in [-0.15, -0.1) is 12.3 Å². The molecule has 1 heterocycles. The van der Waals surface area contributed by atoms with Gasteiger partial charge < -0.3 is 10.1 Å². The molecule has 90 valence electrons. The Kier molecular flexibility index (Phi) is 6.87. The van der Waals surface area contributed by atoms with Crippen LogP contribution in [0.5, 0.6) is 0 Å². The number of ether oxygens (including phenoxy) is 1. The van der Waals surface area contributed by atoms with Crippen LogP contribution in [0.2, 0.25) is 0 Å². The monoisotopic (exact) mass is 223 g/mol. The fourth-order valence-electron chi connectivity index (χ4n) is 1.81. The molecule has 1 rings (SSSR count). The Morgan fingerprint density at radius 1 is 1.38 bits per heavy atom. The van der Waals surface area contributed by atoms with Crippen LogP contribution in [0.4, 0.5) is 0 Å². The smallest absolute Gasteiger partial charge is 0.135 e. The molecule has 1 aliphatic heterocycles. The lowest BCUT2D eigenvalue weighted by atomic mass is 10.1. The Morgan fingerprint density at radius 3 is 2.81 bits per heavy atom. The van der Waals surface area contributed by atoms with Gasteiger partial charge in [0.1, 0.15) is 5.78 Å². The van der Waals surface area contributed by atoms with Gasteiger partial charge >= 0.3 is 0 Å². The van der Waals surface area contributed by atoms with E-state index in [-0.39, 0.29) is 5.78 Å². The van der Waals surface area contributed by atoms with E-state index < -0.39 is 0 Å². The van der Waals surface area contributed by atoms with E-state index in [4.69, 9.17) is 11.2 Å². The minimum absolute atomic E-state index is 0.268. The van der Waals surface area contributed by atoms with Crippen LogP contribution < -0.4 is 5.32 Å². The van der Waals surface area contributed by atoms with Crippen molar-refractivity contribution >= 4 is 5.78 Å². The number of nitrogens with one attached hydrogen (secondary N) is 1. The van der Waals surface area contributed by atoms with Crippen LogP contribution in [-0.4, -0.2) is 31.6 Å². The van der Waals surface area contributed by atoms with Gasteiger partial charge in [-0.3, -0.25) is 4.79 Å². The number of terminal acetylenes is 1. The Morgan fingerprint density at radius 2 is 2.12 bits per heavy atom. The van der Waals surface area contributed by atoms with Crippen molar-refractivity contribution in [3.05, 3.63) is 0 Å². The maximum atomic E-state index is 11.4. The molecule has 0 saturated carbocycles. The average Bonchev–Trinajstić information content (AvgIpc) is 2.31. The van der Waals surface area contributed by atoms with Crippen LogP contribution >= 0.6 is 0 Å². The van der Waals surface area contributed by atoms with E-state index in [1.807, 2.05) is 0 Å². The molecule has 1 saturated heterocycles. The van der Waals surface area contributed by atoms with E-state index in [1.165, 1.54) is 0 Å². The summed E-state index contributed by atoms with van der Waals surface area (Å²) >= 11 is 0. The molecule has 0 aromatic heterocycles. The molecule has 0 radical (unpaired) electrons. The van der Waals surface area contributed by atoms with Crippen LogP contribution in [-0.2, 0) is 9.53 Å². The molecular formula is C13H21NO2. The molecule has 0 bridgehead atoms. The summed E-state index contributed by atoms with van der Waals surface area (Å²) in [6.07, 6.45) is 10.2. The minimum Gasteiger partial charge on any atom is -0.378 e. The first kappa shape index (κ1) is 13.2. The summed E-state index contributed by atoms with van der Waals surface area (Å²) in [7, 11) is 0. The van der Waals surface area contributed by atoms with Crippen molar-refractivity contribution in [2.45, 2.75) is 44.6 Å². The van der Waals surface area contributed by atoms with Gasteiger partial charge in [0.05, 0.1) is 12.7 Å². The molecule has 1 fully saturated rings. The van der Waals surface area contributed by atoms with Crippen LogP contribution in [0.3, 0.4) is 0 Å². The number of rotatable bonds is 7. The number of Topliss-reactive ketones (excluding diaryl/α,β-unsaturated/α-hetero) is 1. The molecular weight excluding hydrogens is 202 g/mol. The summed E-state index contributed by atoms with van der Waals surface area (Å²) in [5.74, 6) is 2.81. The summed E-state index contributed by atoms with van der Waals surface area (Å²) < 4.78 is 5.66. The standard InChI is InChI=1S/C13H21NO2/c1-2-3-4-5-12(15)8-11-16-13-6-9-14-10-7-13/h1,13-14H,3-11H2. The van der Waals surface area contributed by atoms with Crippen molar-refractivity contribution in [1.82, 2.24) is 5.32 Å². The highest BCUT2D eigenvalue weighted by Crippen LogP contribution is 2.08. The van der Waals surface area contributed by atoms with Gasteiger partial charge in [0.2, 0.25) is 0 Å². The zero-order valence-electron chi connectivity index (χ0n) is 9.84. The number of unbranched alkanes of at least 4 members (excludes halogenated alkanes) is 1. The molecule has 0 atom stereocenters. The van der Waals surface area contributed by atoms with Gasteiger partial charge in [-0.25, -0.2) is 0 Å². The molecule has 0 aliphatic carbocycles. The average molecular weight is 223 g/mol. The third-order valence-corrected chi connectivity index (χ3v) is 2.80. The number of carbonyl (C=O) groups is 1. The molecule has 1 N–H and O–H groups in total. The lowest BCUT2D eigenvalue weighted by Gasteiger charge is -2.22. The van der Waals surface area contributed by atoms with Gasteiger partial charge in [0.15, 0.2) is 0 Å². The van der Waals surface area contributed by atoms with E-state index in [2.05, 4.69) is 11.2 Å². The summed E-state index contributed by atoms with van der Waals surface area (Å²) in [6, 6.07) is 0. The number of ketones is 1. The molecule has 0 aromatic rings. The number of hydrogen-bond acceptors (Lipinski definition) is 3. The predicted octanol–water partition coefficient (Wildman–Crippen LogP) is 1.52. The first-order valence-corrected chi connectivity index (χ1v) is 6.10. The van der Waals surface area contributed by atoms with Crippen LogP contribution in [0.1, 0.15) is 38.5 Å². The van der Waals surface area contributed by atoms with E-state index in [0.717, 1.165) is 32.4 Å². The lowest BCUT2D eigenvalue weighted by Crippen LogP contribution is -2.32. The molecule has 0 amide bonds. The number of carbonyl (C=O) groups excluding carboxylic acids is 1. The second-order valence-electron chi connectivity index (χ2n) is 4.17. The van der Waals surface area contributed by atoms with Gasteiger partial charge in [0.25, 0.3) is 0 Å². The second-order valence-corrected chi connectivity index (χ2v) is 4.17. The van der Waals surface area contributed by atoms with Crippen LogP contribution in [0.25, 0.3) is 0 Å². The van der Waals surface area contributed by atoms with E-state index in [0.29, 0.717) is 32.0 Å². The molecule has 0 spiro atoms. The maximum Gasteiger partial charge on any atom is 0.135 e. The van der Waals surface area contributed by atoms with Crippen LogP contribution in [0.15, 0.2) is 0 Å². The molecule has 0 aromatic carbocycles. The Labute approximate surface area is 97.9 Å². The van der Waals surface area contributed by atoms with Crippen LogP contribution in [0, 0.1) is 12.3 Å². The molecule has 16 heavy (non-hydrogen) atoms. The van der Waals surface area contributed by atoms with E-state index in [1.54, 1.807) is 0 Å². The van der Waals surface area contributed by atoms with Gasteiger partial charge in [-0.05, 0) is 32.4 Å². The summed E-state index contributed by atoms with van der Waals surface area (Å²) in [5.41, 5.74) is 0. The van der Waals surface area contributed by atoms with Crippen molar-refractivity contribution in [1.29, 1.82) is 0 Å². The summed E-state index contributed by atoms with van der Waals surface area (Å²) in [4.78, 5) is 11.4. The van der Waals surface area contributed by atoms with Crippen molar-refractivity contribution in [2.24, 2.45) is 0 Å². The largest absolute Gasteiger partial charge is 0.378 e. The van der Waals surface area contributed by atoms with Crippen molar-refractivity contribution in [3.8, 4) is 12.3 Å². The zero-order chi connectivity index (χ0) is 11.6. The van der Waals surface area contributed by atoms with Crippen molar-refractivity contribution < 1.29 is 9.53 Å². The number of hydrogen-bond donors (Lipinski definition) is 1. The highest BCUT2D eigenvalue weighted by atomic mass is 16.5.